The van der Waals surface area contributed by atoms with E-state index in [0.29, 0.717) is 18.5 Å². The first-order valence-corrected chi connectivity index (χ1v) is 7.71. The zero-order valence-electron chi connectivity index (χ0n) is 13.3. The minimum Gasteiger partial charge on any atom is -0.355 e. The van der Waals surface area contributed by atoms with Gasteiger partial charge in [0.2, 0.25) is 5.91 Å². The standard InChI is InChI=1S/C16H23N3O3.ClH/c1-16(17)10-5-4-7-13(16)15(20)18-11-9-12-6-2-3-8-14(12)19(21)22;/h2-3,6,8,13H,4-5,7,9-11,17H2,1H3,(H,18,20);1H. The van der Waals surface area contributed by atoms with Crippen molar-refractivity contribution in [1.82, 2.24) is 5.32 Å². The van der Waals surface area contributed by atoms with Crippen LogP contribution < -0.4 is 11.1 Å². The Morgan fingerprint density at radius 1 is 1.43 bits per heavy atom. The number of hydrogen-bond donors (Lipinski definition) is 2. The summed E-state index contributed by atoms with van der Waals surface area (Å²) in [5.41, 5.74) is 6.49. The quantitative estimate of drug-likeness (QED) is 0.635. The van der Waals surface area contributed by atoms with Gasteiger partial charge in [-0.2, -0.15) is 0 Å². The summed E-state index contributed by atoms with van der Waals surface area (Å²) < 4.78 is 0. The third-order valence-electron chi connectivity index (χ3n) is 4.45. The lowest BCUT2D eigenvalue weighted by atomic mass is 9.74. The SMILES string of the molecule is CC1(N)CCCCC1C(=O)NCCc1ccccc1[N+](=O)[O-].Cl. The second-order valence-electron chi connectivity index (χ2n) is 6.23. The highest BCUT2D eigenvalue weighted by molar-refractivity contribution is 5.85. The van der Waals surface area contributed by atoms with Gasteiger partial charge in [-0.25, -0.2) is 0 Å². The predicted octanol–water partition coefficient (Wildman–Crippen LogP) is 2.58. The summed E-state index contributed by atoms with van der Waals surface area (Å²) in [5.74, 6) is -0.213. The third kappa shape index (κ3) is 4.91. The lowest BCUT2D eigenvalue weighted by molar-refractivity contribution is -0.385. The van der Waals surface area contributed by atoms with E-state index >= 15 is 0 Å². The Balaban J connectivity index is 0.00000264. The molecule has 2 atom stereocenters. The molecule has 2 rings (SSSR count). The number of nitro groups is 1. The van der Waals surface area contributed by atoms with Crippen LogP contribution >= 0.6 is 12.4 Å². The number of amides is 1. The number of nitrogens with one attached hydrogen (secondary N) is 1. The lowest BCUT2D eigenvalue weighted by Gasteiger charge is -2.37. The van der Waals surface area contributed by atoms with E-state index in [4.69, 9.17) is 5.73 Å². The Bertz CT molecular complexity index is 563. The largest absolute Gasteiger partial charge is 0.355 e. The monoisotopic (exact) mass is 341 g/mol. The number of carbonyl (C=O) groups is 1. The van der Waals surface area contributed by atoms with Crippen LogP contribution in [0.25, 0.3) is 0 Å². The van der Waals surface area contributed by atoms with Crippen molar-refractivity contribution in [3.63, 3.8) is 0 Å². The molecular formula is C16H24ClN3O3. The van der Waals surface area contributed by atoms with Crippen molar-refractivity contribution in [2.24, 2.45) is 11.7 Å². The predicted molar refractivity (Wildman–Crippen MR) is 91.6 cm³/mol. The summed E-state index contributed by atoms with van der Waals surface area (Å²) in [7, 11) is 0. The van der Waals surface area contributed by atoms with Crippen molar-refractivity contribution >= 4 is 24.0 Å². The van der Waals surface area contributed by atoms with Crippen molar-refractivity contribution in [1.29, 1.82) is 0 Å². The van der Waals surface area contributed by atoms with Crippen LogP contribution in [-0.4, -0.2) is 22.9 Å². The van der Waals surface area contributed by atoms with Crippen LogP contribution in [0.1, 0.15) is 38.2 Å². The van der Waals surface area contributed by atoms with Gasteiger partial charge in [-0.05, 0) is 26.2 Å². The summed E-state index contributed by atoms with van der Waals surface area (Å²) >= 11 is 0. The molecule has 3 N–H and O–H groups in total. The fraction of sp³-hybridized carbons (Fsp3) is 0.562. The molecule has 1 aromatic rings. The number of para-hydroxylation sites is 1. The molecule has 0 bridgehead atoms. The molecule has 0 aromatic heterocycles. The first kappa shape index (κ1) is 19.4. The summed E-state index contributed by atoms with van der Waals surface area (Å²) in [4.78, 5) is 22.9. The van der Waals surface area contributed by atoms with Gasteiger partial charge in [0, 0.05) is 23.7 Å². The van der Waals surface area contributed by atoms with Crippen LogP contribution in [0.15, 0.2) is 24.3 Å². The van der Waals surface area contributed by atoms with E-state index in [1.165, 1.54) is 6.07 Å². The van der Waals surface area contributed by atoms with Crippen molar-refractivity contribution in [2.75, 3.05) is 6.54 Å². The van der Waals surface area contributed by atoms with Crippen molar-refractivity contribution < 1.29 is 9.72 Å². The molecule has 1 amide bonds. The van der Waals surface area contributed by atoms with E-state index < -0.39 is 10.5 Å². The molecule has 7 heteroatoms. The van der Waals surface area contributed by atoms with Gasteiger partial charge in [-0.3, -0.25) is 14.9 Å². The van der Waals surface area contributed by atoms with E-state index in [-0.39, 0.29) is 29.9 Å². The van der Waals surface area contributed by atoms with Crippen LogP contribution in [0.5, 0.6) is 0 Å². The van der Waals surface area contributed by atoms with E-state index in [2.05, 4.69) is 5.32 Å². The number of hydrogen-bond acceptors (Lipinski definition) is 4. The molecule has 1 aliphatic rings. The van der Waals surface area contributed by atoms with E-state index in [1.807, 2.05) is 6.92 Å². The molecular weight excluding hydrogens is 318 g/mol. The molecule has 6 nitrogen and oxygen atoms in total. The molecule has 23 heavy (non-hydrogen) atoms. The minimum absolute atomic E-state index is 0. The second-order valence-corrected chi connectivity index (χ2v) is 6.23. The number of nitrogens with two attached hydrogens (primary N) is 1. The molecule has 1 aromatic carbocycles. The van der Waals surface area contributed by atoms with Gasteiger partial charge in [-0.15, -0.1) is 12.4 Å². The fourth-order valence-electron chi connectivity index (χ4n) is 3.13. The normalized spacial score (nSPS) is 23.7. The maximum atomic E-state index is 12.3. The molecule has 128 valence electrons. The zero-order chi connectivity index (χ0) is 16.2. The van der Waals surface area contributed by atoms with Crippen LogP contribution in [0.2, 0.25) is 0 Å². The lowest BCUT2D eigenvalue weighted by Crippen LogP contribution is -2.53. The average Bonchev–Trinajstić information content (AvgIpc) is 2.47. The number of nitro benzene ring substituents is 1. The Kier molecular flexibility index (Phi) is 6.97. The highest BCUT2D eigenvalue weighted by Crippen LogP contribution is 2.31. The first-order valence-electron chi connectivity index (χ1n) is 7.71. The zero-order valence-corrected chi connectivity index (χ0v) is 14.1. The van der Waals surface area contributed by atoms with E-state index in [0.717, 1.165) is 25.7 Å². The minimum atomic E-state index is -0.457. The molecule has 0 aliphatic heterocycles. The maximum Gasteiger partial charge on any atom is 0.272 e. The number of benzene rings is 1. The highest BCUT2D eigenvalue weighted by Gasteiger charge is 2.37. The molecule has 1 saturated carbocycles. The fourth-order valence-corrected chi connectivity index (χ4v) is 3.13. The van der Waals surface area contributed by atoms with Gasteiger partial charge in [0.1, 0.15) is 0 Å². The number of rotatable bonds is 5. The number of nitrogens with zero attached hydrogens (tertiary/aromatic N) is 1. The molecule has 1 fully saturated rings. The summed E-state index contributed by atoms with van der Waals surface area (Å²) in [6.07, 6.45) is 4.19. The Hall–Kier alpha value is -1.66. The van der Waals surface area contributed by atoms with Gasteiger partial charge in [0.05, 0.1) is 10.8 Å². The van der Waals surface area contributed by atoms with Gasteiger partial charge in [-0.1, -0.05) is 31.0 Å². The van der Waals surface area contributed by atoms with Crippen molar-refractivity contribution in [2.45, 2.75) is 44.6 Å². The number of carbonyl (C=O) groups excluding carboxylic acids is 1. The van der Waals surface area contributed by atoms with Crippen LogP contribution in [0.4, 0.5) is 5.69 Å². The Morgan fingerprint density at radius 2 is 2.13 bits per heavy atom. The average molecular weight is 342 g/mol. The van der Waals surface area contributed by atoms with Crippen LogP contribution in [0, 0.1) is 16.0 Å². The topological polar surface area (TPSA) is 98.3 Å². The van der Waals surface area contributed by atoms with Gasteiger partial charge in [0.25, 0.3) is 5.69 Å². The molecule has 0 saturated heterocycles. The van der Waals surface area contributed by atoms with Crippen LogP contribution in [-0.2, 0) is 11.2 Å². The summed E-state index contributed by atoms with van der Waals surface area (Å²) in [6.45, 7) is 2.31. The van der Waals surface area contributed by atoms with Gasteiger partial charge in [0.15, 0.2) is 0 Å². The highest BCUT2D eigenvalue weighted by atomic mass is 35.5. The van der Waals surface area contributed by atoms with Crippen LogP contribution in [0.3, 0.4) is 0 Å². The second kappa shape index (κ2) is 8.26. The van der Waals surface area contributed by atoms with Gasteiger partial charge >= 0.3 is 0 Å². The van der Waals surface area contributed by atoms with E-state index in [1.54, 1.807) is 18.2 Å². The molecule has 0 spiro atoms. The molecule has 0 radical (unpaired) electrons. The van der Waals surface area contributed by atoms with Crippen molar-refractivity contribution in [3.05, 3.63) is 39.9 Å². The summed E-state index contributed by atoms with van der Waals surface area (Å²) in [5, 5.41) is 13.8. The maximum absolute atomic E-state index is 12.3. The molecule has 0 heterocycles. The van der Waals surface area contributed by atoms with Gasteiger partial charge < -0.3 is 11.1 Å². The first-order chi connectivity index (χ1) is 10.4. The van der Waals surface area contributed by atoms with Crippen molar-refractivity contribution in [3.8, 4) is 0 Å². The molecule has 1 aliphatic carbocycles. The Morgan fingerprint density at radius 3 is 2.78 bits per heavy atom. The smallest absolute Gasteiger partial charge is 0.272 e. The summed E-state index contributed by atoms with van der Waals surface area (Å²) in [6, 6.07) is 6.61. The number of halogens is 1. The third-order valence-corrected chi connectivity index (χ3v) is 4.45. The van der Waals surface area contributed by atoms with E-state index in [9.17, 15) is 14.9 Å². The Labute approximate surface area is 142 Å². The molecule has 2 unspecified atom stereocenters.